The molecule has 1 aliphatic rings. The van der Waals surface area contributed by atoms with E-state index in [1.165, 1.54) is 0 Å². The predicted octanol–water partition coefficient (Wildman–Crippen LogP) is 2.14. The fourth-order valence-corrected chi connectivity index (χ4v) is 2.06. The average molecular weight is 200 g/mol. The summed E-state index contributed by atoms with van der Waals surface area (Å²) in [5.74, 6) is 0.778. The zero-order valence-corrected chi connectivity index (χ0v) is 9.12. The third-order valence-corrected chi connectivity index (χ3v) is 2.95. The molecule has 3 nitrogen and oxygen atoms in total. The van der Waals surface area contributed by atoms with E-state index in [1.807, 2.05) is 0 Å². The van der Waals surface area contributed by atoms with Gasteiger partial charge in [-0.1, -0.05) is 0 Å². The number of Topliss-reactive ketones (excluding diaryl/α,β-unsaturated/α-hetero) is 1. The molecule has 1 fully saturated rings. The number of hydrogen-bond acceptors (Lipinski definition) is 3. The Morgan fingerprint density at radius 1 is 1.43 bits per heavy atom. The Balaban J connectivity index is 2.11. The van der Waals surface area contributed by atoms with Gasteiger partial charge in [0.05, 0.1) is 0 Å². The first kappa shape index (κ1) is 11.7. The van der Waals surface area contributed by atoms with Gasteiger partial charge in [0.25, 0.3) is 0 Å². The fraction of sp³-hybridized carbons (Fsp3) is 0.909. The van der Waals surface area contributed by atoms with Gasteiger partial charge >= 0.3 is 0 Å². The van der Waals surface area contributed by atoms with Crippen LogP contribution in [0.2, 0.25) is 0 Å². The van der Waals surface area contributed by atoms with Crippen LogP contribution in [0.1, 0.15) is 38.5 Å². The van der Waals surface area contributed by atoms with E-state index >= 15 is 0 Å². The van der Waals surface area contributed by atoms with E-state index < -0.39 is 0 Å². The van der Waals surface area contributed by atoms with E-state index in [0.29, 0.717) is 11.7 Å². The van der Waals surface area contributed by atoms with Crippen LogP contribution in [0.4, 0.5) is 0 Å². The molecule has 1 rings (SSSR count). The average Bonchev–Trinajstić information content (AvgIpc) is 2.59. The minimum atomic E-state index is -0.105. The fourth-order valence-electron chi connectivity index (χ4n) is 2.06. The Morgan fingerprint density at radius 2 is 2.14 bits per heavy atom. The molecular weight excluding hydrogens is 180 g/mol. The lowest BCUT2D eigenvalue weighted by atomic mass is 10.00. The van der Waals surface area contributed by atoms with Gasteiger partial charge in [0.15, 0.2) is 6.29 Å². The van der Waals surface area contributed by atoms with Crippen LogP contribution in [-0.4, -0.2) is 26.3 Å². The number of methoxy groups -OCH3 is 2. The molecular formula is C11H20O3. The molecule has 0 aliphatic heterocycles. The Labute approximate surface area is 85.8 Å². The Morgan fingerprint density at radius 3 is 2.64 bits per heavy atom. The van der Waals surface area contributed by atoms with Crippen molar-refractivity contribution in [3.05, 3.63) is 0 Å². The van der Waals surface area contributed by atoms with Crippen LogP contribution < -0.4 is 0 Å². The lowest BCUT2D eigenvalue weighted by Gasteiger charge is -2.14. The van der Waals surface area contributed by atoms with Crippen molar-refractivity contribution < 1.29 is 14.3 Å². The second-order valence-electron chi connectivity index (χ2n) is 3.89. The molecule has 0 saturated heterocycles. The van der Waals surface area contributed by atoms with E-state index in [1.54, 1.807) is 14.2 Å². The van der Waals surface area contributed by atoms with Crippen LogP contribution in [0.5, 0.6) is 0 Å². The van der Waals surface area contributed by atoms with Gasteiger partial charge in [0.2, 0.25) is 0 Å². The number of carbonyl (C=O) groups is 1. The highest BCUT2D eigenvalue weighted by molar-refractivity contribution is 5.82. The van der Waals surface area contributed by atoms with Crippen molar-refractivity contribution in [2.75, 3.05) is 14.2 Å². The highest BCUT2D eigenvalue weighted by atomic mass is 16.7. The van der Waals surface area contributed by atoms with Crippen molar-refractivity contribution >= 4 is 5.78 Å². The third kappa shape index (κ3) is 3.39. The van der Waals surface area contributed by atoms with Gasteiger partial charge < -0.3 is 9.47 Å². The number of hydrogen-bond donors (Lipinski definition) is 0. The van der Waals surface area contributed by atoms with Crippen molar-refractivity contribution in [1.29, 1.82) is 0 Å². The first-order valence-electron chi connectivity index (χ1n) is 5.36. The van der Waals surface area contributed by atoms with Crippen LogP contribution in [0.25, 0.3) is 0 Å². The molecule has 0 amide bonds. The van der Waals surface area contributed by atoms with Gasteiger partial charge in [-0.25, -0.2) is 0 Å². The molecule has 0 heterocycles. The molecule has 1 saturated carbocycles. The van der Waals surface area contributed by atoms with Gasteiger partial charge in [0.1, 0.15) is 5.78 Å². The van der Waals surface area contributed by atoms with Crippen LogP contribution >= 0.6 is 0 Å². The highest BCUT2D eigenvalue weighted by Crippen LogP contribution is 2.26. The van der Waals surface area contributed by atoms with E-state index in [-0.39, 0.29) is 6.29 Å². The highest BCUT2D eigenvalue weighted by Gasteiger charge is 2.23. The molecule has 0 aromatic rings. The van der Waals surface area contributed by atoms with E-state index in [0.717, 1.165) is 38.5 Å². The van der Waals surface area contributed by atoms with Crippen molar-refractivity contribution in [3.8, 4) is 0 Å². The second-order valence-corrected chi connectivity index (χ2v) is 3.89. The summed E-state index contributed by atoms with van der Waals surface area (Å²) in [7, 11) is 3.30. The SMILES string of the molecule is COC(CCCC1CCCC1=O)OC. The largest absolute Gasteiger partial charge is 0.356 e. The summed E-state index contributed by atoms with van der Waals surface area (Å²) in [4.78, 5) is 11.3. The van der Waals surface area contributed by atoms with Crippen LogP contribution in [0.15, 0.2) is 0 Å². The van der Waals surface area contributed by atoms with Crippen molar-refractivity contribution in [3.63, 3.8) is 0 Å². The standard InChI is InChI=1S/C11H20O3/c1-13-11(14-2)8-4-6-9-5-3-7-10(9)12/h9,11H,3-8H2,1-2H3. The van der Waals surface area contributed by atoms with Gasteiger partial charge in [0, 0.05) is 26.6 Å². The summed E-state index contributed by atoms with van der Waals surface area (Å²) < 4.78 is 10.2. The quantitative estimate of drug-likeness (QED) is 0.616. The summed E-state index contributed by atoms with van der Waals surface area (Å²) in [6.07, 6.45) is 5.77. The molecule has 1 unspecified atom stereocenters. The first-order valence-corrected chi connectivity index (χ1v) is 5.36. The molecule has 0 spiro atoms. The lowest BCUT2D eigenvalue weighted by Crippen LogP contribution is -2.14. The normalized spacial score (nSPS) is 22.2. The molecule has 1 atom stereocenters. The number of ether oxygens (including phenoxy) is 2. The molecule has 82 valence electrons. The Hall–Kier alpha value is -0.410. The third-order valence-electron chi connectivity index (χ3n) is 2.95. The molecule has 0 N–H and O–H groups in total. The summed E-state index contributed by atoms with van der Waals surface area (Å²) in [5.41, 5.74) is 0. The van der Waals surface area contributed by atoms with Crippen molar-refractivity contribution in [2.24, 2.45) is 5.92 Å². The maximum Gasteiger partial charge on any atom is 0.156 e. The zero-order chi connectivity index (χ0) is 10.4. The lowest BCUT2D eigenvalue weighted by molar-refractivity contribution is -0.121. The molecule has 0 bridgehead atoms. The summed E-state index contributed by atoms with van der Waals surface area (Å²) >= 11 is 0. The number of rotatable bonds is 6. The minimum Gasteiger partial charge on any atom is -0.356 e. The predicted molar refractivity (Wildman–Crippen MR) is 54.0 cm³/mol. The Bertz CT molecular complexity index is 175. The monoisotopic (exact) mass is 200 g/mol. The molecule has 0 radical (unpaired) electrons. The van der Waals surface area contributed by atoms with Gasteiger partial charge in [-0.2, -0.15) is 0 Å². The molecule has 0 aromatic carbocycles. The van der Waals surface area contributed by atoms with E-state index in [4.69, 9.17) is 9.47 Å². The topological polar surface area (TPSA) is 35.5 Å². The van der Waals surface area contributed by atoms with Crippen LogP contribution in [-0.2, 0) is 14.3 Å². The molecule has 1 aliphatic carbocycles. The zero-order valence-electron chi connectivity index (χ0n) is 9.12. The number of ketones is 1. The maximum absolute atomic E-state index is 11.3. The van der Waals surface area contributed by atoms with E-state index in [2.05, 4.69) is 0 Å². The van der Waals surface area contributed by atoms with Crippen LogP contribution in [0, 0.1) is 5.92 Å². The Kier molecular flexibility index (Phi) is 5.12. The van der Waals surface area contributed by atoms with Gasteiger partial charge in [-0.15, -0.1) is 0 Å². The van der Waals surface area contributed by atoms with Crippen molar-refractivity contribution in [1.82, 2.24) is 0 Å². The summed E-state index contributed by atoms with van der Waals surface area (Å²) in [5, 5.41) is 0. The first-order chi connectivity index (χ1) is 6.77. The molecule has 14 heavy (non-hydrogen) atoms. The van der Waals surface area contributed by atoms with Crippen LogP contribution in [0.3, 0.4) is 0 Å². The maximum atomic E-state index is 11.3. The smallest absolute Gasteiger partial charge is 0.156 e. The summed E-state index contributed by atoms with van der Waals surface area (Å²) in [6.45, 7) is 0. The summed E-state index contributed by atoms with van der Waals surface area (Å²) in [6, 6.07) is 0. The second kappa shape index (κ2) is 6.14. The molecule has 0 aromatic heterocycles. The van der Waals surface area contributed by atoms with E-state index in [9.17, 15) is 4.79 Å². The minimum absolute atomic E-state index is 0.105. The number of carbonyl (C=O) groups excluding carboxylic acids is 1. The van der Waals surface area contributed by atoms with Crippen molar-refractivity contribution in [2.45, 2.75) is 44.8 Å². The van der Waals surface area contributed by atoms with Gasteiger partial charge in [-0.3, -0.25) is 4.79 Å². The van der Waals surface area contributed by atoms with Gasteiger partial charge in [-0.05, 0) is 32.1 Å². The molecule has 3 heteroatoms.